The predicted molar refractivity (Wildman–Crippen MR) is 236 cm³/mol. The molecule has 344 valence electrons. The monoisotopic (exact) mass is 894 g/mol. The summed E-state index contributed by atoms with van der Waals surface area (Å²) in [5.41, 5.74) is -0.695. The van der Waals surface area contributed by atoms with Crippen LogP contribution >= 0.6 is 23.5 Å². The van der Waals surface area contributed by atoms with Crippen molar-refractivity contribution in [2.45, 2.75) is 170 Å². The van der Waals surface area contributed by atoms with Crippen LogP contribution in [0.5, 0.6) is 0 Å². The number of carbonyl (C=O) groups excluding carboxylic acids is 8. The van der Waals surface area contributed by atoms with Crippen molar-refractivity contribution in [3.05, 3.63) is 0 Å². The van der Waals surface area contributed by atoms with Gasteiger partial charge in [-0.05, 0) is 72.1 Å². The molecule has 4 saturated heterocycles. The van der Waals surface area contributed by atoms with Crippen LogP contribution in [0, 0.1) is 0 Å². The van der Waals surface area contributed by atoms with E-state index in [-0.39, 0.29) is 98.5 Å². The van der Waals surface area contributed by atoms with E-state index in [0.29, 0.717) is 49.3 Å². The molecule has 4 aliphatic heterocycles. The topological polar surface area (TPSA) is 233 Å². The average Bonchev–Trinajstić information content (AvgIpc) is 3.95. The molecule has 19 heteroatoms. The summed E-state index contributed by atoms with van der Waals surface area (Å²) in [5.74, 6) is 1.12. The van der Waals surface area contributed by atoms with Crippen molar-refractivity contribution in [2.75, 3.05) is 44.2 Å². The number of nitrogens with zero attached hydrogens (tertiary/aromatic N) is 1. The highest BCUT2D eigenvalue weighted by Gasteiger charge is 2.43. The van der Waals surface area contributed by atoms with Crippen LogP contribution in [0.25, 0.3) is 0 Å². The van der Waals surface area contributed by atoms with E-state index in [0.717, 1.165) is 75.7 Å². The molecule has 8 amide bonds. The van der Waals surface area contributed by atoms with Gasteiger partial charge in [0.2, 0.25) is 17.7 Å². The number of rotatable bonds is 29. The van der Waals surface area contributed by atoms with Crippen molar-refractivity contribution in [1.82, 2.24) is 42.1 Å². The molecule has 0 saturated carbocycles. The van der Waals surface area contributed by atoms with E-state index in [1.807, 2.05) is 23.5 Å². The van der Waals surface area contributed by atoms with Crippen LogP contribution < -0.4 is 37.2 Å². The number of unbranched alkanes of at least 4 members (excludes halogenated alkanes) is 6. The summed E-state index contributed by atoms with van der Waals surface area (Å²) >= 11 is 3.74. The van der Waals surface area contributed by atoms with E-state index in [1.165, 1.54) is 4.90 Å². The maximum Gasteiger partial charge on any atom is 0.407 e. The van der Waals surface area contributed by atoms with Gasteiger partial charge in [0.1, 0.15) is 5.60 Å². The van der Waals surface area contributed by atoms with Crippen LogP contribution in [0.3, 0.4) is 0 Å². The molecule has 0 radical (unpaired) electrons. The number of carbonyl (C=O) groups is 8. The first-order valence-corrected chi connectivity index (χ1v) is 24.5. The molecule has 6 unspecified atom stereocenters. The van der Waals surface area contributed by atoms with Crippen molar-refractivity contribution in [3.63, 3.8) is 0 Å². The van der Waals surface area contributed by atoms with Gasteiger partial charge in [-0.1, -0.05) is 25.7 Å². The van der Waals surface area contributed by atoms with Gasteiger partial charge in [0, 0.05) is 73.7 Å². The third-order valence-corrected chi connectivity index (χ3v) is 14.2. The molecular formula is C42H70N8O9S2. The minimum absolute atomic E-state index is 0.000266. The van der Waals surface area contributed by atoms with E-state index in [1.54, 1.807) is 20.8 Å². The number of amides is 8. The summed E-state index contributed by atoms with van der Waals surface area (Å²) in [6.45, 7) is 5.85. The van der Waals surface area contributed by atoms with Gasteiger partial charge < -0.3 is 46.9 Å². The van der Waals surface area contributed by atoms with Crippen molar-refractivity contribution in [1.29, 1.82) is 0 Å². The number of ketones is 2. The van der Waals surface area contributed by atoms with Crippen LogP contribution in [-0.2, 0) is 28.7 Å². The van der Waals surface area contributed by atoms with Gasteiger partial charge in [0.15, 0.2) is 11.6 Å². The predicted octanol–water partition coefficient (Wildman–Crippen LogP) is 3.67. The first-order chi connectivity index (χ1) is 29.2. The van der Waals surface area contributed by atoms with Gasteiger partial charge >= 0.3 is 18.2 Å². The van der Waals surface area contributed by atoms with Gasteiger partial charge in [0.25, 0.3) is 0 Å². The van der Waals surface area contributed by atoms with E-state index in [9.17, 15) is 38.4 Å². The fourth-order valence-electron chi connectivity index (χ4n) is 7.99. The number of hydrogen-bond acceptors (Lipinski definition) is 11. The molecule has 0 aromatic rings. The number of nitrogens with one attached hydrogen (secondary N) is 7. The molecule has 4 fully saturated rings. The van der Waals surface area contributed by atoms with E-state index < -0.39 is 17.6 Å². The SMILES string of the molecule is CC(C)(C)OC(=O)NCCC(=O)N(CC(=O)CCCCCNC(=O)CCCCC1SCC2NC(=O)NC21)CC(=O)CCCCCNC(=O)CCCCC1SCC2NC(=O)NC21. The Morgan fingerprint density at radius 3 is 1.51 bits per heavy atom. The molecular weight excluding hydrogens is 825 g/mol. The lowest BCUT2D eigenvalue weighted by atomic mass is 10.0. The molecule has 4 heterocycles. The van der Waals surface area contributed by atoms with E-state index in [4.69, 9.17) is 4.74 Å². The zero-order chi connectivity index (χ0) is 44.2. The zero-order valence-electron chi connectivity index (χ0n) is 36.4. The quantitative estimate of drug-likeness (QED) is 0.0423. The molecule has 0 spiro atoms. The maximum absolute atomic E-state index is 13.2. The second-order valence-electron chi connectivity index (χ2n) is 17.6. The number of alkyl carbamates (subject to hydrolysis) is 1. The molecule has 17 nitrogen and oxygen atoms in total. The first-order valence-electron chi connectivity index (χ1n) is 22.4. The van der Waals surface area contributed by atoms with Crippen molar-refractivity contribution >= 4 is 71.0 Å². The Morgan fingerprint density at radius 1 is 0.590 bits per heavy atom. The minimum Gasteiger partial charge on any atom is -0.444 e. The largest absolute Gasteiger partial charge is 0.444 e. The molecule has 0 aromatic heterocycles. The highest BCUT2D eigenvalue weighted by molar-refractivity contribution is 8.00. The van der Waals surface area contributed by atoms with Gasteiger partial charge in [-0.15, -0.1) is 0 Å². The summed E-state index contributed by atoms with van der Waals surface area (Å²) in [5, 5.41) is 21.1. The van der Waals surface area contributed by atoms with Crippen molar-refractivity contribution < 1.29 is 43.1 Å². The third-order valence-electron chi connectivity index (χ3n) is 11.2. The average molecular weight is 895 g/mol. The van der Waals surface area contributed by atoms with Crippen LogP contribution in [0.1, 0.15) is 130 Å². The smallest absolute Gasteiger partial charge is 0.407 e. The maximum atomic E-state index is 13.2. The Morgan fingerprint density at radius 2 is 1.05 bits per heavy atom. The Balaban J connectivity index is 1.05. The van der Waals surface area contributed by atoms with Crippen molar-refractivity contribution in [3.8, 4) is 0 Å². The minimum atomic E-state index is -0.695. The first kappa shape index (κ1) is 49.9. The Labute approximate surface area is 369 Å². The number of hydrogen-bond donors (Lipinski definition) is 7. The summed E-state index contributed by atoms with van der Waals surface area (Å²) in [6, 6.07) is 0.566. The second-order valence-corrected chi connectivity index (χ2v) is 20.1. The molecule has 7 N–H and O–H groups in total. The molecule has 61 heavy (non-hydrogen) atoms. The molecule has 4 rings (SSSR count). The lowest BCUT2D eigenvalue weighted by Gasteiger charge is -2.22. The molecule has 0 bridgehead atoms. The lowest BCUT2D eigenvalue weighted by molar-refractivity contribution is -0.138. The van der Waals surface area contributed by atoms with Crippen LogP contribution in [0.2, 0.25) is 0 Å². The van der Waals surface area contributed by atoms with Gasteiger partial charge in [0.05, 0.1) is 37.3 Å². The number of fused-ring (bicyclic) bond motifs is 2. The number of ether oxygens (including phenoxy) is 1. The van der Waals surface area contributed by atoms with E-state index >= 15 is 0 Å². The Kier molecular flexibility index (Phi) is 21.3. The summed E-state index contributed by atoms with van der Waals surface area (Å²) in [4.78, 5) is 100. The molecule has 0 aromatic carbocycles. The van der Waals surface area contributed by atoms with Crippen molar-refractivity contribution in [2.24, 2.45) is 0 Å². The normalized spacial score (nSPS) is 22.5. The van der Waals surface area contributed by atoms with Gasteiger partial charge in [-0.3, -0.25) is 24.0 Å². The highest BCUT2D eigenvalue weighted by Crippen LogP contribution is 2.34. The van der Waals surface area contributed by atoms with Gasteiger partial charge in [-0.2, -0.15) is 23.5 Å². The van der Waals surface area contributed by atoms with Crippen LogP contribution in [0.15, 0.2) is 0 Å². The summed E-state index contributed by atoms with van der Waals surface area (Å²) < 4.78 is 5.23. The van der Waals surface area contributed by atoms with Gasteiger partial charge in [-0.25, -0.2) is 14.4 Å². The second kappa shape index (κ2) is 26.0. The Bertz CT molecular complexity index is 1430. The standard InChI is InChI=1S/C42H70N8O9S2/c1-42(2,3)59-41(58)45-23-20-36(55)50(24-28(51)14-6-4-12-21-43-34(53)18-10-8-16-32-37-30(26-60-32)46-39(56)48-37)25-29(52)15-7-5-13-22-44-35(54)19-11-9-17-33-38-31(27-61-33)47-40(57)49-38/h30-33,37-38H,4-27H2,1-3H3,(H,43,53)(H,44,54)(H,45,58)(H2,46,48,56)(H2,47,49,57). The Hall–Kier alpha value is -3.74. The molecule has 0 aliphatic carbocycles. The zero-order valence-corrected chi connectivity index (χ0v) is 38.0. The summed E-state index contributed by atoms with van der Waals surface area (Å²) in [7, 11) is 0. The van der Waals surface area contributed by atoms with E-state index in [2.05, 4.69) is 37.2 Å². The van der Waals surface area contributed by atoms with Crippen LogP contribution in [0.4, 0.5) is 14.4 Å². The number of thioether (sulfide) groups is 2. The van der Waals surface area contributed by atoms with Crippen LogP contribution in [-0.4, -0.2) is 137 Å². The summed E-state index contributed by atoms with van der Waals surface area (Å²) in [6.07, 6.45) is 10.0. The fraction of sp³-hybridized carbons (Fsp3) is 0.810. The third kappa shape index (κ3) is 19.0. The number of Topliss-reactive ketones (excluding diaryl/α,β-unsaturated/α-hetero) is 2. The molecule has 4 aliphatic rings. The molecule has 6 atom stereocenters. The fourth-order valence-corrected chi connectivity index (χ4v) is 11.1. The number of urea groups is 2. The highest BCUT2D eigenvalue weighted by atomic mass is 32.2. The lowest BCUT2D eigenvalue weighted by Crippen LogP contribution is -2.41.